The van der Waals surface area contributed by atoms with Crippen LogP contribution in [0.1, 0.15) is 10.4 Å². The van der Waals surface area contributed by atoms with Gasteiger partial charge in [0.25, 0.3) is 31.4 Å². The maximum absolute atomic E-state index is 14.3. The van der Waals surface area contributed by atoms with Crippen LogP contribution in [0.15, 0.2) is 94.7 Å². The number of hydrogen-bond donors (Lipinski definition) is 1. The summed E-state index contributed by atoms with van der Waals surface area (Å²) < 4.78 is 71.8. The molecule has 0 aliphatic heterocycles. The van der Waals surface area contributed by atoms with E-state index < -0.39 is 68.0 Å². The molecule has 1 N–H and O–H groups in total. The van der Waals surface area contributed by atoms with Crippen LogP contribution in [0.2, 0.25) is 0 Å². The summed E-state index contributed by atoms with van der Waals surface area (Å²) in [5, 5.41) is 31.0. The summed E-state index contributed by atoms with van der Waals surface area (Å²) in [4.78, 5) is 31.5. The molecule has 0 saturated carbocycles. The van der Waals surface area contributed by atoms with Crippen LogP contribution in [0.4, 0.5) is 27.1 Å². The molecule has 46 heavy (non-hydrogen) atoms. The van der Waals surface area contributed by atoms with Crippen molar-refractivity contribution in [2.45, 2.75) is 9.79 Å². The zero-order valence-corrected chi connectivity index (χ0v) is 29.1. The predicted octanol–water partition coefficient (Wildman–Crippen LogP) is 5.93. The van der Waals surface area contributed by atoms with Gasteiger partial charge in [0, 0.05) is 31.4 Å². The fourth-order valence-corrected chi connectivity index (χ4v) is 10.1. The Bertz CT molecular complexity index is 2090. The molecule has 0 heterocycles. The Labute approximate surface area is 292 Å². The Hall–Kier alpha value is -3.87. The highest BCUT2D eigenvalue weighted by atomic mass is 127. The van der Waals surface area contributed by atoms with Crippen molar-refractivity contribution in [2.75, 3.05) is 8.61 Å². The lowest BCUT2D eigenvalue weighted by atomic mass is 10.2. The molecule has 0 unspecified atom stereocenters. The Morgan fingerprint density at radius 1 is 0.739 bits per heavy atom. The maximum Gasteiger partial charge on any atom is 0.335 e. The molecular weight excluding hydrogens is 897 g/mol. The number of nitro benzene ring substituents is 2. The molecule has 0 fully saturated rings. The number of aromatic carboxylic acids is 1. The SMILES string of the molecule is O=C(O)c1cc(I)c(N(C(=S)N(c2ccc(F)cc2)S(=O)(=O)c2ccc([N+](=O)[O-])cc2)S(=O)(=O)c2ccc([N+](=O)[O-])cc2)c(I)c1. The average molecular weight is 912 g/mol. The van der Waals surface area contributed by atoms with Crippen molar-refractivity contribution in [1.82, 2.24) is 0 Å². The van der Waals surface area contributed by atoms with Gasteiger partial charge in [0.1, 0.15) is 5.82 Å². The molecule has 4 aromatic rings. The smallest absolute Gasteiger partial charge is 0.335 e. The highest BCUT2D eigenvalue weighted by molar-refractivity contribution is 14.1. The van der Waals surface area contributed by atoms with Gasteiger partial charge < -0.3 is 5.11 Å². The van der Waals surface area contributed by atoms with E-state index in [2.05, 4.69) is 0 Å². The van der Waals surface area contributed by atoms with E-state index >= 15 is 0 Å². The number of anilines is 2. The summed E-state index contributed by atoms with van der Waals surface area (Å²) in [7, 11) is -9.87. The minimum atomic E-state index is -4.95. The van der Waals surface area contributed by atoms with Crippen LogP contribution in [0.3, 0.4) is 0 Å². The number of hydrogen-bond acceptors (Lipinski definition) is 10. The van der Waals surface area contributed by atoms with Gasteiger partial charge in [-0.3, -0.25) is 20.2 Å². The molecule has 0 saturated heterocycles. The molecule has 0 radical (unpaired) electrons. The molecule has 0 aromatic heterocycles. The van der Waals surface area contributed by atoms with Crippen molar-refractivity contribution >= 4 is 111 Å². The monoisotopic (exact) mass is 912 g/mol. The van der Waals surface area contributed by atoms with Gasteiger partial charge >= 0.3 is 5.97 Å². The number of rotatable bonds is 9. The van der Waals surface area contributed by atoms with Gasteiger partial charge in [-0.2, -0.15) is 0 Å². The van der Waals surface area contributed by atoms with E-state index in [0.29, 0.717) is 8.61 Å². The molecule has 0 aliphatic carbocycles. The van der Waals surface area contributed by atoms with E-state index in [-0.39, 0.29) is 24.1 Å². The second-order valence-corrected chi connectivity index (χ2v) is 15.2. The highest BCUT2D eigenvalue weighted by Crippen LogP contribution is 2.37. The third-order valence-corrected chi connectivity index (χ3v) is 11.7. The predicted molar refractivity (Wildman–Crippen MR) is 183 cm³/mol. The second-order valence-electron chi connectivity index (χ2n) is 8.89. The fourth-order valence-electron chi connectivity index (χ4n) is 3.90. The molecule has 0 atom stereocenters. The van der Waals surface area contributed by atoms with E-state index in [1.165, 1.54) is 0 Å². The number of nitrogens with zero attached hydrogens (tertiary/aromatic N) is 4. The number of thiocarbonyl (C=S) groups is 1. The first-order valence-corrected chi connectivity index (χ1v) is 17.5. The van der Waals surface area contributed by atoms with Crippen molar-refractivity contribution in [1.29, 1.82) is 0 Å². The van der Waals surface area contributed by atoms with Crippen LogP contribution in [-0.4, -0.2) is 42.9 Å². The van der Waals surface area contributed by atoms with Crippen molar-refractivity contribution in [3.05, 3.63) is 124 Å². The number of halogens is 3. The van der Waals surface area contributed by atoms with Gasteiger partial charge in [-0.1, -0.05) is 0 Å². The zero-order valence-electron chi connectivity index (χ0n) is 22.4. The minimum Gasteiger partial charge on any atom is -0.478 e. The summed E-state index contributed by atoms with van der Waals surface area (Å²) in [6, 6.07) is 13.3. The van der Waals surface area contributed by atoms with Crippen molar-refractivity contribution in [3.8, 4) is 0 Å². The lowest BCUT2D eigenvalue weighted by molar-refractivity contribution is -0.385. The Balaban J connectivity index is 2.04. The quantitative estimate of drug-likeness (QED) is 0.0905. The lowest BCUT2D eigenvalue weighted by Gasteiger charge is -2.33. The van der Waals surface area contributed by atoms with Crippen LogP contribution in [0.5, 0.6) is 0 Å². The van der Waals surface area contributed by atoms with Gasteiger partial charge in [-0.25, -0.2) is 34.6 Å². The molecule has 0 bridgehead atoms. The number of sulfonamides is 2. The minimum absolute atomic E-state index is 0.00141. The Morgan fingerprint density at radius 2 is 1.13 bits per heavy atom. The van der Waals surface area contributed by atoms with E-state index in [1.54, 1.807) is 45.2 Å². The van der Waals surface area contributed by atoms with Gasteiger partial charge in [-0.15, -0.1) is 0 Å². The largest absolute Gasteiger partial charge is 0.478 e. The van der Waals surface area contributed by atoms with Crippen molar-refractivity contribution < 1.29 is 41.0 Å². The molecule has 4 rings (SSSR count). The van der Waals surface area contributed by atoms with Gasteiger partial charge in [-0.05, 0) is 118 Å². The number of carboxylic acids is 1. The summed E-state index contributed by atoms with van der Waals surface area (Å²) in [6.45, 7) is 0. The van der Waals surface area contributed by atoms with E-state index in [0.717, 1.165) is 84.9 Å². The molecular formula is C26H15FI2N4O10S3. The number of non-ortho nitro benzene ring substituents is 2. The van der Waals surface area contributed by atoms with Gasteiger partial charge in [0.2, 0.25) is 5.11 Å². The van der Waals surface area contributed by atoms with Crippen LogP contribution in [0, 0.1) is 33.2 Å². The summed E-state index contributed by atoms with van der Waals surface area (Å²) in [6.07, 6.45) is 0. The second kappa shape index (κ2) is 13.5. The van der Waals surface area contributed by atoms with Gasteiger partial charge in [0.15, 0.2) is 0 Å². The van der Waals surface area contributed by atoms with Crippen molar-refractivity contribution in [2.24, 2.45) is 0 Å². The standard InChI is InChI=1S/C26H15FI2N4O10S3/c27-16-1-3-17(4-2-16)30(45(40,41)20-9-5-18(6-10-20)32(36)37)26(44)31(24-22(28)13-15(25(34)35)14-23(24)29)46(42,43)21-11-7-19(8-12-21)33(38)39/h1-14H,(H,34,35). The summed E-state index contributed by atoms with van der Waals surface area (Å²) in [5.74, 6) is -2.12. The van der Waals surface area contributed by atoms with E-state index in [1.807, 2.05) is 0 Å². The molecule has 4 aromatic carbocycles. The number of nitro groups is 2. The Kier molecular flexibility index (Phi) is 10.2. The normalized spacial score (nSPS) is 11.5. The lowest BCUT2D eigenvalue weighted by Crippen LogP contribution is -2.49. The summed E-state index contributed by atoms with van der Waals surface area (Å²) >= 11 is 8.88. The van der Waals surface area contributed by atoms with Crippen LogP contribution < -0.4 is 8.61 Å². The third kappa shape index (κ3) is 6.93. The van der Waals surface area contributed by atoms with Crippen LogP contribution in [0.25, 0.3) is 0 Å². The number of benzene rings is 4. The molecule has 20 heteroatoms. The van der Waals surface area contributed by atoms with E-state index in [4.69, 9.17) is 12.2 Å². The molecule has 14 nitrogen and oxygen atoms in total. The molecule has 238 valence electrons. The topological polar surface area (TPSA) is 198 Å². The maximum atomic E-state index is 14.3. The summed E-state index contributed by atoms with van der Waals surface area (Å²) in [5.41, 5.74) is -1.72. The first-order chi connectivity index (χ1) is 21.5. The van der Waals surface area contributed by atoms with E-state index in [9.17, 15) is 51.4 Å². The molecule has 0 aliphatic rings. The number of carbonyl (C=O) groups is 1. The first-order valence-electron chi connectivity index (χ1n) is 12.1. The third-order valence-electron chi connectivity index (χ3n) is 6.05. The highest BCUT2D eigenvalue weighted by Gasteiger charge is 2.40. The van der Waals surface area contributed by atoms with Crippen LogP contribution in [-0.2, 0) is 20.0 Å². The van der Waals surface area contributed by atoms with Gasteiger partial charge in [0.05, 0.1) is 36.6 Å². The first kappa shape index (κ1) is 35.0. The van der Waals surface area contributed by atoms with Crippen molar-refractivity contribution in [3.63, 3.8) is 0 Å². The Morgan fingerprint density at radius 3 is 1.50 bits per heavy atom. The van der Waals surface area contributed by atoms with Crippen LogP contribution >= 0.6 is 57.4 Å². The zero-order chi connectivity index (χ0) is 34.1. The molecule has 0 amide bonds. The molecule has 0 spiro atoms. The average Bonchev–Trinajstić information content (AvgIpc) is 2.99. The number of carboxylic acid groups (broad SMARTS) is 1. The fraction of sp³-hybridized carbons (Fsp3) is 0.